The third-order valence-electron chi connectivity index (χ3n) is 5.14. The van der Waals surface area contributed by atoms with Crippen LogP contribution >= 0.6 is 0 Å². The summed E-state index contributed by atoms with van der Waals surface area (Å²) < 4.78 is 5.95. The molecule has 2 rings (SSSR count). The molecule has 0 heterocycles. The van der Waals surface area contributed by atoms with Gasteiger partial charge in [-0.3, -0.25) is 0 Å². The van der Waals surface area contributed by atoms with Crippen LogP contribution in [0.4, 0.5) is 0 Å². The topological polar surface area (TPSA) is 47.3 Å². The molecule has 0 amide bonds. The number of nitrogens with two attached hydrogens (primary N) is 1. The molecule has 2 aliphatic carbocycles. The van der Waals surface area contributed by atoms with E-state index >= 15 is 0 Å². The summed E-state index contributed by atoms with van der Waals surface area (Å²) in [5.41, 5.74) is 5.74. The normalized spacial score (nSPS) is 28.6. The Morgan fingerprint density at radius 2 is 1.60 bits per heavy atom. The van der Waals surface area contributed by atoms with Gasteiger partial charge in [0.1, 0.15) is 0 Å². The average molecular weight is 282 g/mol. The number of nitrogens with one attached hydrogen (secondary N) is 1. The van der Waals surface area contributed by atoms with Crippen molar-refractivity contribution in [1.29, 1.82) is 0 Å². The maximum atomic E-state index is 5.95. The minimum atomic E-state index is 0.565. The maximum Gasteiger partial charge on any atom is 0.0575 e. The first kappa shape index (κ1) is 16.3. The van der Waals surface area contributed by atoms with Crippen molar-refractivity contribution in [1.82, 2.24) is 5.32 Å². The Hall–Kier alpha value is -0.120. The first-order valence-electron chi connectivity index (χ1n) is 8.91. The number of ether oxygens (including phenoxy) is 1. The lowest BCUT2D eigenvalue weighted by molar-refractivity contribution is 0.0272. The van der Waals surface area contributed by atoms with Gasteiger partial charge in [0.15, 0.2) is 0 Å². The highest BCUT2D eigenvalue weighted by Gasteiger charge is 2.19. The molecule has 0 aliphatic heterocycles. The molecule has 118 valence electrons. The van der Waals surface area contributed by atoms with Gasteiger partial charge in [0, 0.05) is 6.61 Å². The molecule has 2 fully saturated rings. The van der Waals surface area contributed by atoms with Crippen molar-refractivity contribution < 1.29 is 4.74 Å². The van der Waals surface area contributed by atoms with E-state index in [4.69, 9.17) is 10.5 Å². The van der Waals surface area contributed by atoms with Gasteiger partial charge in [0.2, 0.25) is 0 Å². The Bertz CT molecular complexity index is 233. The van der Waals surface area contributed by atoms with Crippen molar-refractivity contribution in [3.05, 3.63) is 0 Å². The number of hydrogen-bond donors (Lipinski definition) is 2. The predicted octanol–water partition coefficient (Wildman–Crippen LogP) is 3.08. The van der Waals surface area contributed by atoms with Gasteiger partial charge in [-0.15, -0.1) is 0 Å². The summed E-state index contributed by atoms with van der Waals surface area (Å²) in [6.07, 6.45) is 13.9. The molecular weight excluding hydrogens is 248 g/mol. The fraction of sp³-hybridized carbons (Fsp3) is 1.00. The van der Waals surface area contributed by atoms with Gasteiger partial charge in [0.05, 0.1) is 6.10 Å². The smallest absolute Gasteiger partial charge is 0.0575 e. The molecular formula is C17H34N2O. The fourth-order valence-electron chi connectivity index (χ4n) is 3.66. The van der Waals surface area contributed by atoms with Gasteiger partial charge >= 0.3 is 0 Å². The predicted molar refractivity (Wildman–Crippen MR) is 84.8 cm³/mol. The number of rotatable bonds is 8. The summed E-state index contributed by atoms with van der Waals surface area (Å²) in [6.45, 7) is 4.14. The minimum absolute atomic E-state index is 0.565. The Morgan fingerprint density at radius 1 is 0.900 bits per heavy atom. The van der Waals surface area contributed by atoms with Gasteiger partial charge in [-0.05, 0) is 76.4 Å². The van der Waals surface area contributed by atoms with E-state index in [0.717, 1.165) is 38.0 Å². The highest BCUT2D eigenvalue weighted by Crippen LogP contribution is 2.27. The SMILES string of the molecule is NCC1CCC(CNCCCOC2CCCCC2)CC1. The first-order chi connectivity index (χ1) is 9.88. The highest BCUT2D eigenvalue weighted by atomic mass is 16.5. The average Bonchev–Trinajstić information content (AvgIpc) is 2.52. The van der Waals surface area contributed by atoms with Crippen LogP contribution in [0.15, 0.2) is 0 Å². The molecule has 0 aromatic rings. The zero-order valence-corrected chi connectivity index (χ0v) is 13.1. The van der Waals surface area contributed by atoms with Gasteiger partial charge < -0.3 is 15.8 Å². The zero-order chi connectivity index (χ0) is 14.0. The Kier molecular flexibility index (Phi) is 7.92. The molecule has 2 aliphatic rings. The fourth-order valence-corrected chi connectivity index (χ4v) is 3.66. The van der Waals surface area contributed by atoms with E-state index < -0.39 is 0 Å². The maximum absolute atomic E-state index is 5.95. The van der Waals surface area contributed by atoms with Gasteiger partial charge in [-0.1, -0.05) is 19.3 Å². The van der Waals surface area contributed by atoms with Crippen LogP contribution in [-0.4, -0.2) is 32.3 Å². The second-order valence-corrected chi connectivity index (χ2v) is 6.81. The Morgan fingerprint density at radius 3 is 2.30 bits per heavy atom. The Balaban J connectivity index is 1.40. The largest absolute Gasteiger partial charge is 0.378 e. The minimum Gasteiger partial charge on any atom is -0.378 e. The lowest BCUT2D eigenvalue weighted by Crippen LogP contribution is -2.29. The third kappa shape index (κ3) is 6.11. The molecule has 3 nitrogen and oxygen atoms in total. The Labute approximate surface area is 125 Å². The van der Waals surface area contributed by atoms with Crippen molar-refractivity contribution in [2.24, 2.45) is 17.6 Å². The first-order valence-corrected chi connectivity index (χ1v) is 8.91. The van der Waals surface area contributed by atoms with E-state index in [9.17, 15) is 0 Å². The van der Waals surface area contributed by atoms with Crippen molar-refractivity contribution in [2.75, 3.05) is 26.2 Å². The molecule has 2 saturated carbocycles. The summed E-state index contributed by atoms with van der Waals surface area (Å²) in [5, 5.41) is 3.61. The zero-order valence-electron chi connectivity index (χ0n) is 13.1. The quantitative estimate of drug-likeness (QED) is 0.673. The van der Waals surface area contributed by atoms with Crippen LogP contribution in [0.2, 0.25) is 0 Å². The van der Waals surface area contributed by atoms with Crippen molar-refractivity contribution in [3.63, 3.8) is 0 Å². The van der Waals surface area contributed by atoms with Crippen molar-refractivity contribution >= 4 is 0 Å². The van der Waals surface area contributed by atoms with E-state index in [1.807, 2.05) is 0 Å². The highest BCUT2D eigenvalue weighted by molar-refractivity contribution is 4.74. The monoisotopic (exact) mass is 282 g/mol. The summed E-state index contributed by atoms with van der Waals surface area (Å²) in [6, 6.07) is 0. The third-order valence-corrected chi connectivity index (χ3v) is 5.14. The molecule has 0 atom stereocenters. The summed E-state index contributed by atoms with van der Waals surface area (Å²) in [7, 11) is 0. The molecule has 0 unspecified atom stereocenters. The van der Waals surface area contributed by atoms with E-state index in [2.05, 4.69) is 5.32 Å². The van der Waals surface area contributed by atoms with E-state index in [-0.39, 0.29) is 0 Å². The van der Waals surface area contributed by atoms with Crippen LogP contribution in [0.25, 0.3) is 0 Å². The van der Waals surface area contributed by atoms with Crippen molar-refractivity contribution in [3.8, 4) is 0 Å². The van der Waals surface area contributed by atoms with Gasteiger partial charge in [-0.2, -0.15) is 0 Å². The van der Waals surface area contributed by atoms with Crippen LogP contribution < -0.4 is 11.1 Å². The van der Waals surface area contributed by atoms with Crippen molar-refractivity contribution in [2.45, 2.75) is 70.3 Å². The van der Waals surface area contributed by atoms with Crippen LogP contribution in [0, 0.1) is 11.8 Å². The van der Waals surface area contributed by atoms with Crippen LogP contribution in [-0.2, 0) is 4.74 Å². The molecule has 0 radical (unpaired) electrons. The molecule has 20 heavy (non-hydrogen) atoms. The second-order valence-electron chi connectivity index (χ2n) is 6.81. The molecule has 0 aromatic heterocycles. The van der Waals surface area contributed by atoms with Gasteiger partial charge in [-0.25, -0.2) is 0 Å². The lowest BCUT2D eigenvalue weighted by Gasteiger charge is -2.27. The summed E-state index contributed by atoms with van der Waals surface area (Å²) in [5.74, 6) is 1.69. The summed E-state index contributed by atoms with van der Waals surface area (Å²) in [4.78, 5) is 0. The summed E-state index contributed by atoms with van der Waals surface area (Å²) >= 11 is 0. The van der Waals surface area contributed by atoms with Crippen LogP contribution in [0.3, 0.4) is 0 Å². The van der Waals surface area contributed by atoms with Gasteiger partial charge in [0.25, 0.3) is 0 Å². The standard InChI is InChI=1S/C17H34N2O/c18-13-15-7-9-16(10-8-15)14-19-11-4-12-20-17-5-2-1-3-6-17/h15-17,19H,1-14,18H2. The lowest BCUT2D eigenvalue weighted by atomic mass is 9.82. The molecule has 0 spiro atoms. The number of hydrogen-bond acceptors (Lipinski definition) is 3. The molecule has 0 saturated heterocycles. The molecule has 0 aromatic carbocycles. The molecule has 3 heteroatoms. The van der Waals surface area contributed by atoms with E-state index in [0.29, 0.717) is 6.10 Å². The molecule has 3 N–H and O–H groups in total. The second kappa shape index (κ2) is 9.75. The van der Waals surface area contributed by atoms with E-state index in [1.165, 1.54) is 64.3 Å². The van der Waals surface area contributed by atoms with Crippen LogP contribution in [0.1, 0.15) is 64.2 Å². The van der Waals surface area contributed by atoms with E-state index in [1.54, 1.807) is 0 Å². The molecule has 0 bridgehead atoms. The van der Waals surface area contributed by atoms with Crippen LogP contribution in [0.5, 0.6) is 0 Å².